The Balaban J connectivity index is 1.54. The zero-order valence-electron chi connectivity index (χ0n) is 13.6. The van der Waals surface area contributed by atoms with Gasteiger partial charge in [0, 0.05) is 36.0 Å². The molecule has 1 aromatic carbocycles. The molecule has 1 saturated carbocycles. The lowest BCUT2D eigenvalue weighted by Gasteiger charge is -2.31. The van der Waals surface area contributed by atoms with Crippen molar-refractivity contribution in [3.63, 3.8) is 0 Å². The highest BCUT2D eigenvalue weighted by molar-refractivity contribution is 7.99. The van der Waals surface area contributed by atoms with Crippen molar-refractivity contribution in [2.45, 2.75) is 44.1 Å². The minimum atomic E-state index is -0.798. The number of carbonyl (C=O) groups excluding carboxylic acids is 1. The van der Waals surface area contributed by atoms with Gasteiger partial charge in [-0.25, -0.2) is 0 Å². The topological polar surface area (TPSA) is 52.6 Å². The van der Waals surface area contributed by atoms with E-state index in [9.17, 15) is 9.90 Å². The number of amides is 1. The van der Waals surface area contributed by atoms with E-state index >= 15 is 0 Å². The van der Waals surface area contributed by atoms with E-state index in [0.29, 0.717) is 0 Å². The normalized spacial score (nSPS) is 21.0. The van der Waals surface area contributed by atoms with Crippen molar-refractivity contribution in [2.24, 2.45) is 0 Å². The molecule has 0 spiro atoms. The van der Waals surface area contributed by atoms with Crippen LogP contribution in [0.1, 0.15) is 38.5 Å². The first-order valence-corrected chi connectivity index (χ1v) is 9.75. The van der Waals surface area contributed by atoms with Gasteiger partial charge in [-0.05, 0) is 37.1 Å². The number of nitrogens with zero attached hydrogens (tertiary/aromatic N) is 1. The van der Waals surface area contributed by atoms with Gasteiger partial charge < -0.3 is 15.3 Å². The summed E-state index contributed by atoms with van der Waals surface area (Å²) in [5.74, 6) is 2.27. The van der Waals surface area contributed by atoms with Crippen LogP contribution in [-0.4, -0.2) is 41.2 Å². The third kappa shape index (κ3) is 4.64. The number of aliphatic hydroxyl groups is 1. The molecule has 1 aromatic rings. The van der Waals surface area contributed by atoms with Crippen molar-refractivity contribution in [3.05, 3.63) is 24.3 Å². The van der Waals surface area contributed by atoms with Crippen LogP contribution in [0.5, 0.6) is 0 Å². The maximum absolute atomic E-state index is 12.2. The fraction of sp³-hybridized carbons (Fsp3) is 0.611. The third-order valence-electron chi connectivity index (χ3n) is 4.80. The molecule has 3 rings (SSSR count). The van der Waals surface area contributed by atoms with Gasteiger partial charge in [-0.1, -0.05) is 19.3 Å². The number of hydrogen-bond acceptors (Lipinski definition) is 4. The van der Waals surface area contributed by atoms with Crippen molar-refractivity contribution >= 4 is 29.0 Å². The van der Waals surface area contributed by atoms with E-state index in [0.717, 1.165) is 44.5 Å². The zero-order valence-corrected chi connectivity index (χ0v) is 14.4. The zero-order chi connectivity index (χ0) is 16.1. The molecular formula is C18H26N2O2S. The SMILES string of the molecule is O=C(CC1(O)CCCCC1)Nc1ccc(N2CCSCC2)cc1. The molecule has 0 atom stereocenters. The summed E-state index contributed by atoms with van der Waals surface area (Å²) in [4.78, 5) is 14.6. The Morgan fingerprint density at radius 1 is 1.13 bits per heavy atom. The molecule has 1 saturated heterocycles. The van der Waals surface area contributed by atoms with Gasteiger partial charge in [-0.3, -0.25) is 4.79 Å². The van der Waals surface area contributed by atoms with Crippen LogP contribution in [0, 0.1) is 0 Å². The van der Waals surface area contributed by atoms with Gasteiger partial charge in [0.15, 0.2) is 0 Å². The van der Waals surface area contributed by atoms with Crippen LogP contribution >= 0.6 is 11.8 Å². The van der Waals surface area contributed by atoms with E-state index in [1.807, 2.05) is 23.9 Å². The lowest BCUT2D eigenvalue weighted by atomic mass is 9.82. The minimum Gasteiger partial charge on any atom is -0.389 e. The largest absolute Gasteiger partial charge is 0.389 e. The molecule has 1 heterocycles. The summed E-state index contributed by atoms with van der Waals surface area (Å²) < 4.78 is 0. The number of rotatable bonds is 4. The van der Waals surface area contributed by atoms with Crippen LogP contribution in [0.4, 0.5) is 11.4 Å². The maximum atomic E-state index is 12.2. The summed E-state index contributed by atoms with van der Waals surface area (Å²) in [5.41, 5.74) is 1.23. The standard InChI is InChI=1S/C18H26N2O2S/c21-17(14-18(22)8-2-1-3-9-18)19-15-4-6-16(7-5-15)20-10-12-23-13-11-20/h4-7,22H,1-3,8-14H2,(H,19,21). The van der Waals surface area contributed by atoms with Gasteiger partial charge in [-0.15, -0.1) is 0 Å². The molecule has 126 valence electrons. The monoisotopic (exact) mass is 334 g/mol. The number of benzene rings is 1. The highest BCUT2D eigenvalue weighted by Gasteiger charge is 2.31. The van der Waals surface area contributed by atoms with E-state index in [2.05, 4.69) is 22.3 Å². The van der Waals surface area contributed by atoms with Crippen molar-refractivity contribution in [2.75, 3.05) is 34.8 Å². The van der Waals surface area contributed by atoms with Crippen LogP contribution in [-0.2, 0) is 4.79 Å². The van der Waals surface area contributed by atoms with E-state index in [-0.39, 0.29) is 12.3 Å². The van der Waals surface area contributed by atoms with E-state index in [1.54, 1.807) is 0 Å². The lowest BCUT2D eigenvalue weighted by Crippen LogP contribution is -2.35. The van der Waals surface area contributed by atoms with Crippen LogP contribution in [0.15, 0.2) is 24.3 Å². The summed E-state index contributed by atoms with van der Waals surface area (Å²) in [5, 5.41) is 13.4. The molecular weight excluding hydrogens is 308 g/mol. The Bertz CT molecular complexity index is 520. The van der Waals surface area contributed by atoms with Crippen molar-refractivity contribution in [1.29, 1.82) is 0 Å². The summed E-state index contributed by atoms with van der Waals surface area (Å²) in [6.07, 6.45) is 4.90. The molecule has 1 amide bonds. The second-order valence-electron chi connectivity index (χ2n) is 6.66. The molecule has 4 nitrogen and oxygen atoms in total. The molecule has 2 N–H and O–H groups in total. The summed E-state index contributed by atoms with van der Waals surface area (Å²) in [7, 11) is 0. The highest BCUT2D eigenvalue weighted by Crippen LogP contribution is 2.31. The average molecular weight is 334 g/mol. The fourth-order valence-electron chi connectivity index (χ4n) is 3.47. The summed E-state index contributed by atoms with van der Waals surface area (Å²) in [6, 6.07) is 8.06. The van der Waals surface area contributed by atoms with Crippen molar-refractivity contribution < 1.29 is 9.90 Å². The molecule has 5 heteroatoms. The van der Waals surface area contributed by atoms with Crippen LogP contribution in [0.3, 0.4) is 0 Å². The molecule has 23 heavy (non-hydrogen) atoms. The first-order chi connectivity index (χ1) is 11.1. The molecule has 0 unspecified atom stereocenters. The lowest BCUT2D eigenvalue weighted by molar-refractivity contribution is -0.122. The number of carbonyl (C=O) groups is 1. The molecule has 2 aliphatic rings. The van der Waals surface area contributed by atoms with Gasteiger partial charge in [0.05, 0.1) is 12.0 Å². The average Bonchev–Trinajstić information content (AvgIpc) is 2.56. The van der Waals surface area contributed by atoms with Crippen molar-refractivity contribution in [1.82, 2.24) is 0 Å². The number of thioether (sulfide) groups is 1. The van der Waals surface area contributed by atoms with E-state index < -0.39 is 5.60 Å². The molecule has 1 aliphatic heterocycles. The molecule has 1 aliphatic carbocycles. The number of hydrogen-bond donors (Lipinski definition) is 2. The molecule has 0 aromatic heterocycles. The van der Waals surface area contributed by atoms with Crippen LogP contribution < -0.4 is 10.2 Å². The summed E-state index contributed by atoms with van der Waals surface area (Å²) >= 11 is 2.00. The highest BCUT2D eigenvalue weighted by atomic mass is 32.2. The van der Waals surface area contributed by atoms with Gasteiger partial charge in [0.25, 0.3) is 0 Å². The summed E-state index contributed by atoms with van der Waals surface area (Å²) in [6.45, 7) is 2.17. The number of nitrogens with one attached hydrogen (secondary N) is 1. The predicted octanol–water partition coefficient (Wildman–Crippen LogP) is 3.26. The smallest absolute Gasteiger partial charge is 0.227 e. The van der Waals surface area contributed by atoms with Crippen molar-refractivity contribution in [3.8, 4) is 0 Å². The van der Waals surface area contributed by atoms with Gasteiger partial charge in [-0.2, -0.15) is 11.8 Å². The second-order valence-corrected chi connectivity index (χ2v) is 7.88. The van der Waals surface area contributed by atoms with Gasteiger partial charge >= 0.3 is 0 Å². The Kier molecular flexibility index (Phi) is 5.49. The Labute approximate surface area is 142 Å². The molecule has 0 radical (unpaired) electrons. The quantitative estimate of drug-likeness (QED) is 0.887. The number of anilines is 2. The fourth-order valence-corrected chi connectivity index (χ4v) is 4.37. The maximum Gasteiger partial charge on any atom is 0.227 e. The van der Waals surface area contributed by atoms with Gasteiger partial charge in [0.2, 0.25) is 5.91 Å². The minimum absolute atomic E-state index is 0.0866. The molecule has 0 bridgehead atoms. The first kappa shape index (κ1) is 16.7. The Hall–Kier alpha value is -1.20. The first-order valence-electron chi connectivity index (χ1n) is 8.60. The Morgan fingerprint density at radius 2 is 1.78 bits per heavy atom. The van der Waals surface area contributed by atoms with E-state index in [4.69, 9.17) is 0 Å². The van der Waals surface area contributed by atoms with Gasteiger partial charge in [0.1, 0.15) is 0 Å². The van der Waals surface area contributed by atoms with Crippen LogP contribution in [0.2, 0.25) is 0 Å². The Morgan fingerprint density at radius 3 is 2.43 bits per heavy atom. The van der Waals surface area contributed by atoms with Crippen LogP contribution in [0.25, 0.3) is 0 Å². The second kappa shape index (κ2) is 7.58. The molecule has 2 fully saturated rings. The van der Waals surface area contributed by atoms with E-state index in [1.165, 1.54) is 23.6 Å². The predicted molar refractivity (Wildman–Crippen MR) is 97.3 cm³/mol. The third-order valence-corrected chi connectivity index (χ3v) is 5.74.